The van der Waals surface area contributed by atoms with Crippen LogP contribution in [0, 0.1) is 5.92 Å². The van der Waals surface area contributed by atoms with Crippen LogP contribution in [0.1, 0.15) is 35.6 Å². The van der Waals surface area contributed by atoms with Crippen molar-refractivity contribution in [2.45, 2.75) is 35.5 Å². The number of H-pyrrole nitrogens is 1. The van der Waals surface area contributed by atoms with Gasteiger partial charge in [0.25, 0.3) is 5.91 Å². The number of nitrogens with one attached hydrogen (secondary N) is 1. The van der Waals surface area contributed by atoms with Crippen molar-refractivity contribution in [1.29, 1.82) is 0 Å². The second kappa shape index (κ2) is 9.50. The van der Waals surface area contributed by atoms with Crippen molar-refractivity contribution in [3.8, 4) is 5.75 Å². The van der Waals surface area contributed by atoms with Crippen LogP contribution in [0.25, 0.3) is 0 Å². The molecule has 184 valence electrons. The van der Waals surface area contributed by atoms with Crippen LogP contribution in [-0.2, 0) is 19.2 Å². The molecule has 0 saturated carbocycles. The van der Waals surface area contributed by atoms with Crippen LogP contribution >= 0.6 is 23.1 Å². The standard InChI is InChI=1S/C23H23N3O7S2/c27-14(25-8-2-1-3-9-25)11-33-13-6-4-12(5-7-13)16-17-19(34-20-18(16)35-23(32)24-20)22(31)26(21(17)30)10-15(28)29/h4-7,16-17,19H,1-3,8-11H2,(H,24,32)(H,28,29)/t16-,17?,19?/m0/s1. The molecular weight excluding hydrogens is 494 g/mol. The first-order valence-corrected chi connectivity index (χ1v) is 13.0. The number of thioether (sulfide) groups is 1. The van der Waals surface area contributed by atoms with E-state index in [0.29, 0.717) is 21.2 Å². The summed E-state index contributed by atoms with van der Waals surface area (Å²) in [6, 6.07) is 6.90. The number of carboxylic acids is 1. The number of aromatic nitrogens is 1. The van der Waals surface area contributed by atoms with Crippen LogP contribution in [0.5, 0.6) is 5.75 Å². The molecule has 4 heterocycles. The molecule has 12 heteroatoms. The summed E-state index contributed by atoms with van der Waals surface area (Å²) < 4.78 is 5.68. The van der Waals surface area contributed by atoms with E-state index in [1.807, 2.05) is 0 Å². The number of likely N-dealkylation sites (tertiary alicyclic amines) is 2. The number of carboxylic acid groups (broad SMARTS) is 1. The Morgan fingerprint density at radius 3 is 2.46 bits per heavy atom. The van der Waals surface area contributed by atoms with Gasteiger partial charge < -0.3 is 19.7 Å². The van der Waals surface area contributed by atoms with Gasteiger partial charge in [0.05, 0.1) is 10.9 Å². The highest BCUT2D eigenvalue weighted by Gasteiger charge is 2.56. The van der Waals surface area contributed by atoms with E-state index in [9.17, 15) is 24.0 Å². The van der Waals surface area contributed by atoms with Crippen molar-refractivity contribution in [1.82, 2.24) is 14.8 Å². The van der Waals surface area contributed by atoms with Crippen molar-refractivity contribution in [3.05, 3.63) is 44.4 Å². The Balaban J connectivity index is 1.38. The summed E-state index contributed by atoms with van der Waals surface area (Å²) in [5, 5.41) is 8.87. The number of rotatable bonds is 6. The maximum atomic E-state index is 13.2. The molecule has 1 aromatic carbocycles. The molecule has 3 aliphatic heterocycles. The van der Waals surface area contributed by atoms with Crippen molar-refractivity contribution in [2.24, 2.45) is 5.92 Å². The number of imide groups is 1. The molecule has 0 aliphatic carbocycles. The monoisotopic (exact) mass is 517 g/mol. The van der Waals surface area contributed by atoms with Crippen molar-refractivity contribution >= 4 is 46.8 Å². The molecule has 3 amide bonds. The lowest BCUT2D eigenvalue weighted by Gasteiger charge is -2.30. The van der Waals surface area contributed by atoms with Gasteiger partial charge in [-0.3, -0.25) is 28.9 Å². The number of ether oxygens (including phenoxy) is 1. The Morgan fingerprint density at radius 1 is 1.06 bits per heavy atom. The second-order valence-corrected chi connectivity index (χ2v) is 10.9. The van der Waals surface area contributed by atoms with E-state index < -0.39 is 41.4 Å². The molecule has 0 radical (unpaired) electrons. The topological polar surface area (TPSA) is 137 Å². The molecule has 3 aliphatic rings. The van der Waals surface area contributed by atoms with Crippen LogP contribution in [0.4, 0.5) is 0 Å². The normalized spacial score (nSPS) is 23.7. The van der Waals surface area contributed by atoms with Gasteiger partial charge in [0.1, 0.15) is 17.5 Å². The Morgan fingerprint density at radius 2 is 1.77 bits per heavy atom. The molecule has 35 heavy (non-hydrogen) atoms. The van der Waals surface area contributed by atoms with E-state index in [2.05, 4.69) is 4.98 Å². The first-order valence-electron chi connectivity index (χ1n) is 11.3. The lowest BCUT2D eigenvalue weighted by molar-refractivity contribution is -0.149. The number of fused-ring (bicyclic) bond motifs is 2. The molecule has 0 spiro atoms. The highest BCUT2D eigenvalue weighted by atomic mass is 32.2. The van der Waals surface area contributed by atoms with E-state index in [4.69, 9.17) is 9.84 Å². The molecule has 2 fully saturated rings. The molecule has 1 aromatic heterocycles. The van der Waals surface area contributed by atoms with Gasteiger partial charge >= 0.3 is 10.8 Å². The van der Waals surface area contributed by atoms with Crippen molar-refractivity contribution < 1.29 is 29.0 Å². The summed E-state index contributed by atoms with van der Waals surface area (Å²) in [5.41, 5.74) is 0.699. The van der Waals surface area contributed by atoms with Gasteiger partial charge in [-0.15, -0.1) is 0 Å². The summed E-state index contributed by atoms with van der Waals surface area (Å²) in [4.78, 5) is 67.4. The van der Waals surface area contributed by atoms with Crippen molar-refractivity contribution in [3.63, 3.8) is 0 Å². The van der Waals surface area contributed by atoms with Gasteiger partial charge in [0.2, 0.25) is 11.8 Å². The van der Waals surface area contributed by atoms with E-state index in [-0.39, 0.29) is 17.4 Å². The quantitative estimate of drug-likeness (QED) is 0.550. The molecule has 2 unspecified atom stereocenters. The third-order valence-electron chi connectivity index (χ3n) is 6.52. The minimum absolute atomic E-state index is 0.0590. The predicted molar refractivity (Wildman–Crippen MR) is 127 cm³/mol. The average molecular weight is 518 g/mol. The maximum absolute atomic E-state index is 13.2. The van der Waals surface area contributed by atoms with Crippen LogP contribution in [0.3, 0.4) is 0 Å². The minimum atomic E-state index is -1.27. The third-order valence-corrected chi connectivity index (χ3v) is 8.92. The SMILES string of the molecule is O=C(O)CN1C(=O)C2Sc3[nH]c(=O)sc3[C@@H](c3ccc(OCC(=O)N4CCCCC4)cc3)C2C1=O. The number of thiazole rings is 1. The largest absolute Gasteiger partial charge is 0.484 e. The Hall–Kier alpha value is -3.12. The van der Waals surface area contributed by atoms with E-state index >= 15 is 0 Å². The first-order chi connectivity index (χ1) is 16.8. The number of piperidine rings is 1. The second-order valence-electron chi connectivity index (χ2n) is 8.71. The minimum Gasteiger partial charge on any atom is -0.484 e. The van der Waals surface area contributed by atoms with Gasteiger partial charge in [-0.2, -0.15) is 0 Å². The molecule has 0 bridgehead atoms. The molecule has 2 N–H and O–H groups in total. The lowest BCUT2D eigenvalue weighted by Crippen LogP contribution is -2.38. The van der Waals surface area contributed by atoms with Crippen LogP contribution < -0.4 is 9.61 Å². The summed E-state index contributed by atoms with van der Waals surface area (Å²) in [5.74, 6) is -3.36. The van der Waals surface area contributed by atoms with Gasteiger partial charge in [0, 0.05) is 23.9 Å². The number of aromatic amines is 1. The number of aliphatic carboxylic acids is 1. The fraction of sp³-hybridized carbons (Fsp3) is 0.435. The fourth-order valence-corrected chi connectivity index (χ4v) is 7.41. The summed E-state index contributed by atoms with van der Waals surface area (Å²) in [7, 11) is 0. The summed E-state index contributed by atoms with van der Waals surface area (Å²) in [6.45, 7) is 0.735. The van der Waals surface area contributed by atoms with Gasteiger partial charge in [-0.25, -0.2) is 0 Å². The number of carbonyl (C=O) groups is 4. The Kier molecular flexibility index (Phi) is 6.41. The maximum Gasteiger partial charge on any atom is 0.323 e. The predicted octanol–water partition coefficient (Wildman–Crippen LogP) is 1.50. The first kappa shape index (κ1) is 23.6. The van der Waals surface area contributed by atoms with Crippen LogP contribution in [0.2, 0.25) is 0 Å². The van der Waals surface area contributed by atoms with Crippen LogP contribution in [0.15, 0.2) is 34.1 Å². The molecule has 2 saturated heterocycles. The lowest BCUT2D eigenvalue weighted by atomic mass is 9.83. The number of hydrogen-bond donors (Lipinski definition) is 2. The van der Waals surface area contributed by atoms with E-state index in [1.54, 1.807) is 29.2 Å². The van der Waals surface area contributed by atoms with Gasteiger partial charge in [0.15, 0.2) is 6.61 Å². The zero-order chi connectivity index (χ0) is 24.7. The smallest absolute Gasteiger partial charge is 0.323 e. The highest BCUT2D eigenvalue weighted by molar-refractivity contribution is 8.00. The zero-order valence-corrected chi connectivity index (χ0v) is 20.2. The van der Waals surface area contributed by atoms with Gasteiger partial charge in [-0.1, -0.05) is 35.2 Å². The van der Waals surface area contributed by atoms with Gasteiger partial charge in [-0.05, 0) is 37.0 Å². The molecule has 10 nitrogen and oxygen atoms in total. The molecule has 5 rings (SSSR count). The number of benzene rings is 1. The zero-order valence-electron chi connectivity index (χ0n) is 18.6. The Bertz CT molecular complexity index is 1230. The van der Waals surface area contributed by atoms with E-state index in [0.717, 1.165) is 60.4 Å². The summed E-state index contributed by atoms with van der Waals surface area (Å²) >= 11 is 2.08. The van der Waals surface area contributed by atoms with Crippen molar-refractivity contribution in [2.75, 3.05) is 26.2 Å². The number of nitrogens with zero attached hydrogens (tertiary/aromatic N) is 2. The molecule has 2 aromatic rings. The number of carbonyl (C=O) groups excluding carboxylic acids is 3. The third kappa shape index (κ3) is 4.47. The Labute approximate surface area is 208 Å². The van der Waals surface area contributed by atoms with E-state index in [1.165, 1.54) is 0 Å². The number of hydrogen-bond acceptors (Lipinski definition) is 8. The number of amides is 3. The fourth-order valence-electron chi connectivity index (χ4n) is 4.88. The average Bonchev–Trinajstić information content (AvgIpc) is 3.33. The molecular formula is C23H23N3O7S2. The highest BCUT2D eigenvalue weighted by Crippen LogP contribution is 2.52. The van der Waals surface area contributed by atoms with Crippen LogP contribution in [-0.4, -0.2) is 75.1 Å². The molecule has 3 atom stereocenters. The summed E-state index contributed by atoms with van der Waals surface area (Å²) in [6.07, 6.45) is 3.13.